The highest BCUT2D eigenvalue weighted by atomic mass is 19.3. The van der Waals surface area contributed by atoms with Crippen LogP contribution in [0.4, 0.5) is 13.5 Å². The highest BCUT2D eigenvalue weighted by molar-refractivity contribution is 4.57. The minimum absolute atomic E-state index is 0. The van der Waals surface area contributed by atoms with Crippen LogP contribution in [0.25, 0.3) is 0 Å². The second-order valence-electron chi connectivity index (χ2n) is 1.56. The molecule has 52 valence electrons. The highest BCUT2D eigenvalue weighted by Crippen LogP contribution is 2.20. The predicted molar refractivity (Wildman–Crippen MR) is 28.0 cm³/mol. The SMILES string of the molecule is CCC(F)(F)CC.F. The Morgan fingerprint density at radius 1 is 1.12 bits per heavy atom. The monoisotopic (exact) mass is 128 g/mol. The summed E-state index contributed by atoms with van der Waals surface area (Å²) in [6.07, 6.45) is -0.0764. The summed E-state index contributed by atoms with van der Waals surface area (Å²) >= 11 is 0. The summed E-state index contributed by atoms with van der Waals surface area (Å²) in [6, 6.07) is 0. The molecule has 0 spiro atoms. The summed E-state index contributed by atoms with van der Waals surface area (Å²) in [6.45, 7) is 2.98. The van der Waals surface area contributed by atoms with E-state index in [9.17, 15) is 8.78 Å². The van der Waals surface area contributed by atoms with E-state index in [1.807, 2.05) is 0 Å². The summed E-state index contributed by atoms with van der Waals surface area (Å²) in [4.78, 5) is 0. The Morgan fingerprint density at radius 3 is 1.38 bits per heavy atom. The molecule has 0 aliphatic heterocycles. The maximum atomic E-state index is 11.9. The minimum atomic E-state index is -2.42. The van der Waals surface area contributed by atoms with Gasteiger partial charge in [-0.15, -0.1) is 0 Å². The van der Waals surface area contributed by atoms with Crippen molar-refractivity contribution in [2.24, 2.45) is 0 Å². The van der Waals surface area contributed by atoms with Gasteiger partial charge >= 0.3 is 0 Å². The van der Waals surface area contributed by atoms with Crippen molar-refractivity contribution in [3.05, 3.63) is 0 Å². The molecule has 0 saturated carbocycles. The van der Waals surface area contributed by atoms with Gasteiger partial charge in [-0.3, -0.25) is 4.70 Å². The average molecular weight is 128 g/mol. The first-order chi connectivity index (χ1) is 3.12. The molecule has 0 aliphatic carbocycles. The van der Waals surface area contributed by atoms with Gasteiger partial charge in [0.05, 0.1) is 0 Å². The Hall–Kier alpha value is -0.210. The molecule has 0 bridgehead atoms. The van der Waals surface area contributed by atoms with E-state index in [0.717, 1.165) is 0 Å². The lowest BCUT2D eigenvalue weighted by atomic mass is 10.2. The Balaban J connectivity index is 0. The maximum Gasteiger partial charge on any atom is 0.247 e. The average Bonchev–Trinajstić information content (AvgIpc) is 1.68. The molecule has 8 heavy (non-hydrogen) atoms. The van der Waals surface area contributed by atoms with Gasteiger partial charge in [-0.05, 0) is 0 Å². The number of rotatable bonds is 2. The fraction of sp³-hybridized carbons (Fsp3) is 1.00. The topological polar surface area (TPSA) is 0 Å². The number of halogens is 3. The van der Waals surface area contributed by atoms with E-state index in [-0.39, 0.29) is 17.5 Å². The van der Waals surface area contributed by atoms with E-state index in [2.05, 4.69) is 0 Å². The molecule has 0 N–H and O–H groups in total. The summed E-state index contributed by atoms with van der Waals surface area (Å²) in [5, 5.41) is 0. The van der Waals surface area contributed by atoms with Gasteiger partial charge in [0.2, 0.25) is 5.92 Å². The first-order valence-electron chi connectivity index (χ1n) is 2.50. The Morgan fingerprint density at radius 2 is 1.38 bits per heavy atom. The van der Waals surface area contributed by atoms with Crippen molar-refractivity contribution < 1.29 is 13.5 Å². The van der Waals surface area contributed by atoms with Crippen LogP contribution in [0, 0.1) is 0 Å². The zero-order valence-corrected chi connectivity index (χ0v) is 5.08. The van der Waals surface area contributed by atoms with Crippen molar-refractivity contribution in [3.8, 4) is 0 Å². The van der Waals surface area contributed by atoms with Gasteiger partial charge in [0.15, 0.2) is 0 Å². The molecule has 0 aromatic heterocycles. The lowest BCUT2D eigenvalue weighted by molar-refractivity contribution is -0.00646. The molecule has 0 rings (SSSR count). The van der Waals surface area contributed by atoms with E-state index in [4.69, 9.17) is 0 Å². The Labute approximate surface area is 47.3 Å². The van der Waals surface area contributed by atoms with Gasteiger partial charge in [0.1, 0.15) is 0 Å². The molecule has 0 aromatic rings. The Bertz CT molecular complexity index is 45.6. The predicted octanol–water partition coefficient (Wildman–Crippen LogP) is 2.59. The largest absolute Gasteiger partial charge is 0.269 e. The Kier molecular flexibility index (Phi) is 5.02. The fourth-order valence-corrected chi connectivity index (χ4v) is 0.250. The molecule has 0 aliphatic rings. The van der Waals surface area contributed by atoms with E-state index in [1.54, 1.807) is 0 Å². The van der Waals surface area contributed by atoms with Gasteiger partial charge in [-0.2, -0.15) is 0 Å². The normalized spacial score (nSPS) is 10.5. The lowest BCUT2D eigenvalue weighted by Crippen LogP contribution is -2.10. The van der Waals surface area contributed by atoms with E-state index >= 15 is 0 Å². The van der Waals surface area contributed by atoms with Crippen molar-refractivity contribution in [2.45, 2.75) is 32.6 Å². The molecule has 0 amide bonds. The highest BCUT2D eigenvalue weighted by Gasteiger charge is 2.21. The number of alkyl halides is 2. The third kappa shape index (κ3) is 3.96. The van der Waals surface area contributed by atoms with Crippen LogP contribution >= 0.6 is 0 Å². The van der Waals surface area contributed by atoms with Crippen molar-refractivity contribution in [1.82, 2.24) is 0 Å². The van der Waals surface area contributed by atoms with Crippen LogP contribution in [0.5, 0.6) is 0 Å². The van der Waals surface area contributed by atoms with E-state index in [1.165, 1.54) is 13.8 Å². The van der Waals surface area contributed by atoms with Crippen LogP contribution in [-0.4, -0.2) is 5.92 Å². The van der Waals surface area contributed by atoms with Crippen molar-refractivity contribution in [1.29, 1.82) is 0 Å². The summed E-state index contributed by atoms with van der Waals surface area (Å²) < 4.78 is 23.8. The van der Waals surface area contributed by atoms with Crippen molar-refractivity contribution >= 4 is 0 Å². The minimum Gasteiger partial charge on any atom is -0.269 e. The van der Waals surface area contributed by atoms with Crippen LogP contribution in [0.1, 0.15) is 26.7 Å². The molecule has 0 heterocycles. The first kappa shape index (κ1) is 10.7. The van der Waals surface area contributed by atoms with E-state index < -0.39 is 5.92 Å². The fourth-order valence-electron chi connectivity index (χ4n) is 0.250. The summed E-state index contributed by atoms with van der Waals surface area (Å²) in [7, 11) is 0. The van der Waals surface area contributed by atoms with Gasteiger partial charge < -0.3 is 0 Å². The second kappa shape index (κ2) is 3.75. The van der Waals surface area contributed by atoms with Crippen molar-refractivity contribution in [2.75, 3.05) is 0 Å². The smallest absolute Gasteiger partial charge is 0.247 e. The molecule has 0 nitrogen and oxygen atoms in total. The molecule has 0 atom stereocenters. The zero-order valence-electron chi connectivity index (χ0n) is 5.08. The molecular weight excluding hydrogens is 117 g/mol. The van der Waals surface area contributed by atoms with Crippen LogP contribution in [-0.2, 0) is 0 Å². The van der Waals surface area contributed by atoms with Crippen molar-refractivity contribution in [3.63, 3.8) is 0 Å². The molecule has 0 fully saturated rings. The van der Waals surface area contributed by atoms with Crippen LogP contribution in [0.2, 0.25) is 0 Å². The quantitative estimate of drug-likeness (QED) is 0.536. The standard InChI is InChI=1S/C5H10F2.FH/c1-3-5(6,7)4-2;/h3-4H2,1-2H3;1H. The number of hydrogen-bond acceptors (Lipinski definition) is 0. The summed E-state index contributed by atoms with van der Waals surface area (Å²) in [5.74, 6) is -2.42. The molecule has 3 heteroatoms. The van der Waals surface area contributed by atoms with Gasteiger partial charge in [0, 0.05) is 12.8 Å². The lowest BCUT2D eigenvalue weighted by Gasteiger charge is -2.08. The zero-order chi connectivity index (χ0) is 5.91. The van der Waals surface area contributed by atoms with Crippen LogP contribution < -0.4 is 0 Å². The molecule has 0 unspecified atom stereocenters. The molecule has 0 radical (unpaired) electrons. The molecule has 0 saturated heterocycles. The van der Waals surface area contributed by atoms with Gasteiger partial charge in [0.25, 0.3) is 0 Å². The maximum absolute atomic E-state index is 11.9. The van der Waals surface area contributed by atoms with Crippen LogP contribution in [0.15, 0.2) is 0 Å². The van der Waals surface area contributed by atoms with Crippen LogP contribution in [0.3, 0.4) is 0 Å². The van der Waals surface area contributed by atoms with E-state index in [0.29, 0.717) is 0 Å². The third-order valence-corrected chi connectivity index (χ3v) is 1.03. The second-order valence-corrected chi connectivity index (χ2v) is 1.56. The number of hydrogen-bond donors (Lipinski definition) is 0. The first-order valence-corrected chi connectivity index (χ1v) is 2.50. The van der Waals surface area contributed by atoms with Gasteiger partial charge in [-0.25, -0.2) is 8.78 Å². The third-order valence-electron chi connectivity index (χ3n) is 1.03. The van der Waals surface area contributed by atoms with Gasteiger partial charge in [-0.1, -0.05) is 13.8 Å². The molecular formula is C5H11F3. The summed E-state index contributed by atoms with van der Waals surface area (Å²) in [5.41, 5.74) is 0. The molecule has 0 aromatic carbocycles.